The Kier molecular flexibility index (Phi) is 5.55. The van der Waals surface area contributed by atoms with Gasteiger partial charge < -0.3 is 10.6 Å². The summed E-state index contributed by atoms with van der Waals surface area (Å²) in [6.45, 7) is 1.77. The van der Waals surface area contributed by atoms with Crippen LogP contribution in [0.15, 0.2) is 76.9 Å². The molecule has 0 atom stereocenters. The maximum atomic E-state index is 13.0. The molecule has 2 amide bonds. The van der Waals surface area contributed by atoms with Crippen LogP contribution in [-0.2, 0) is 7.05 Å². The number of nitrogens with one attached hydrogen (secondary N) is 2. The Bertz CT molecular complexity index is 1300. The van der Waals surface area contributed by atoms with Crippen molar-refractivity contribution < 1.29 is 9.59 Å². The predicted octanol–water partition coefficient (Wildman–Crippen LogP) is 4.05. The summed E-state index contributed by atoms with van der Waals surface area (Å²) in [6.07, 6.45) is 0. The lowest BCUT2D eigenvalue weighted by Gasteiger charge is -2.08. The van der Waals surface area contributed by atoms with Crippen LogP contribution < -0.4 is 16.2 Å². The molecule has 0 aliphatic rings. The number of carbonyl (C=O) groups is 2. The monoisotopic (exact) mass is 432 g/mol. The number of hydrogen-bond acceptors (Lipinski definition) is 4. The Morgan fingerprint density at radius 3 is 2.39 bits per heavy atom. The first-order chi connectivity index (χ1) is 15.0. The first-order valence-corrected chi connectivity index (χ1v) is 10.4. The van der Waals surface area contributed by atoms with Crippen molar-refractivity contribution in [3.8, 4) is 5.69 Å². The summed E-state index contributed by atoms with van der Waals surface area (Å²) in [6, 6.07) is 19.3. The van der Waals surface area contributed by atoms with Crippen LogP contribution in [0.1, 0.15) is 25.7 Å². The fourth-order valence-corrected chi connectivity index (χ4v) is 3.86. The van der Waals surface area contributed by atoms with Gasteiger partial charge in [-0.1, -0.05) is 30.3 Å². The SMILES string of the molecule is Cc1c(NC(=O)c2cccc(NC(=O)c3cccs3)c2)c(=O)n(-c2ccccc2)n1C. The van der Waals surface area contributed by atoms with Crippen molar-refractivity contribution in [2.45, 2.75) is 6.92 Å². The van der Waals surface area contributed by atoms with E-state index in [1.807, 2.05) is 35.7 Å². The number of anilines is 2. The Morgan fingerprint density at radius 1 is 0.903 bits per heavy atom. The van der Waals surface area contributed by atoms with E-state index in [-0.39, 0.29) is 17.2 Å². The maximum absolute atomic E-state index is 13.0. The van der Waals surface area contributed by atoms with E-state index < -0.39 is 5.91 Å². The fraction of sp³-hybridized carbons (Fsp3) is 0.0870. The minimum Gasteiger partial charge on any atom is -0.321 e. The van der Waals surface area contributed by atoms with Gasteiger partial charge in [-0.05, 0) is 48.7 Å². The molecule has 2 aromatic heterocycles. The fourth-order valence-electron chi connectivity index (χ4n) is 3.24. The van der Waals surface area contributed by atoms with E-state index >= 15 is 0 Å². The smallest absolute Gasteiger partial charge is 0.295 e. The summed E-state index contributed by atoms with van der Waals surface area (Å²) in [5.41, 5.74) is 2.06. The van der Waals surface area contributed by atoms with E-state index in [4.69, 9.17) is 0 Å². The zero-order chi connectivity index (χ0) is 22.0. The third-order valence-electron chi connectivity index (χ3n) is 4.92. The normalized spacial score (nSPS) is 10.6. The molecule has 8 heteroatoms. The molecule has 4 rings (SSSR count). The zero-order valence-electron chi connectivity index (χ0n) is 17.0. The minimum absolute atomic E-state index is 0.212. The van der Waals surface area contributed by atoms with E-state index in [0.29, 0.717) is 27.5 Å². The van der Waals surface area contributed by atoms with Crippen molar-refractivity contribution >= 4 is 34.5 Å². The molecule has 0 saturated heterocycles. The number of benzene rings is 2. The number of thiophene rings is 1. The van der Waals surface area contributed by atoms with Crippen molar-refractivity contribution in [3.05, 3.63) is 98.6 Å². The first kappa shape index (κ1) is 20.4. The number of aromatic nitrogens is 2. The minimum atomic E-state index is -0.432. The summed E-state index contributed by atoms with van der Waals surface area (Å²) in [4.78, 5) is 38.7. The average Bonchev–Trinajstić information content (AvgIpc) is 3.39. The largest absolute Gasteiger partial charge is 0.321 e. The van der Waals surface area contributed by atoms with Crippen LogP contribution in [0, 0.1) is 6.92 Å². The highest BCUT2D eigenvalue weighted by Gasteiger charge is 2.19. The van der Waals surface area contributed by atoms with Gasteiger partial charge in [0.25, 0.3) is 17.4 Å². The molecule has 0 aliphatic heterocycles. The lowest BCUT2D eigenvalue weighted by molar-refractivity contribution is 0.101. The van der Waals surface area contributed by atoms with E-state index in [9.17, 15) is 14.4 Å². The highest BCUT2D eigenvalue weighted by Crippen LogP contribution is 2.18. The second-order valence-electron chi connectivity index (χ2n) is 6.90. The number of para-hydroxylation sites is 1. The van der Waals surface area contributed by atoms with E-state index in [1.54, 1.807) is 55.1 Å². The van der Waals surface area contributed by atoms with Crippen LogP contribution in [0.2, 0.25) is 0 Å². The standard InChI is InChI=1S/C23H20N4O3S/c1-15-20(23(30)27(26(15)2)18-10-4-3-5-11-18)25-21(28)16-8-6-9-17(14-16)24-22(29)19-12-7-13-31-19/h3-14H,1-2H3,(H,24,29)(H,25,28). The third-order valence-corrected chi connectivity index (χ3v) is 5.79. The summed E-state index contributed by atoms with van der Waals surface area (Å²) in [7, 11) is 1.76. The van der Waals surface area contributed by atoms with Gasteiger partial charge in [-0.2, -0.15) is 0 Å². The van der Waals surface area contributed by atoms with E-state index in [1.165, 1.54) is 16.0 Å². The van der Waals surface area contributed by atoms with Crippen LogP contribution in [0.25, 0.3) is 5.69 Å². The highest BCUT2D eigenvalue weighted by atomic mass is 32.1. The van der Waals surface area contributed by atoms with Crippen molar-refractivity contribution in [2.24, 2.45) is 7.05 Å². The van der Waals surface area contributed by atoms with Crippen LogP contribution in [0.5, 0.6) is 0 Å². The molecule has 0 unspecified atom stereocenters. The van der Waals surface area contributed by atoms with Gasteiger partial charge in [0, 0.05) is 18.3 Å². The molecule has 31 heavy (non-hydrogen) atoms. The molecule has 0 aliphatic carbocycles. The Hall–Kier alpha value is -3.91. The van der Waals surface area contributed by atoms with Gasteiger partial charge in [0.2, 0.25) is 0 Å². The van der Waals surface area contributed by atoms with Crippen LogP contribution in [0.4, 0.5) is 11.4 Å². The average molecular weight is 433 g/mol. The maximum Gasteiger partial charge on any atom is 0.295 e. The first-order valence-electron chi connectivity index (χ1n) is 9.56. The number of amides is 2. The molecule has 0 bridgehead atoms. The Labute approximate surface area is 182 Å². The van der Waals surface area contributed by atoms with Gasteiger partial charge >= 0.3 is 0 Å². The summed E-state index contributed by atoms with van der Waals surface area (Å²) in [5.74, 6) is -0.671. The summed E-state index contributed by atoms with van der Waals surface area (Å²) in [5, 5.41) is 7.34. The van der Waals surface area contributed by atoms with Gasteiger partial charge in [0.15, 0.2) is 0 Å². The molecule has 7 nitrogen and oxygen atoms in total. The molecule has 4 aromatic rings. The van der Waals surface area contributed by atoms with Crippen LogP contribution in [-0.4, -0.2) is 21.2 Å². The van der Waals surface area contributed by atoms with Gasteiger partial charge in [-0.3, -0.25) is 19.1 Å². The topological polar surface area (TPSA) is 85.1 Å². The molecular formula is C23H20N4O3S. The van der Waals surface area contributed by atoms with E-state index in [2.05, 4.69) is 10.6 Å². The summed E-state index contributed by atoms with van der Waals surface area (Å²) < 4.78 is 3.20. The molecular weight excluding hydrogens is 412 g/mol. The van der Waals surface area contributed by atoms with Gasteiger partial charge in [0.05, 0.1) is 16.3 Å². The highest BCUT2D eigenvalue weighted by molar-refractivity contribution is 7.12. The van der Waals surface area contributed by atoms with Gasteiger partial charge in [-0.25, -0.2) is 4.68 Å². The Balaban J connectivity index is 1.58. The van der Waals surface area contributed by atoms with Crippen molar-refractivity contribution in [1.82, 2.24) is 9.36 Å². The molecule has 156 valence electrons. The molecule has 0 radical (unpaired) electrons. The molecule has 2 N–H and O–H groups in total. The van der Waals surface area contributed by atoms with Crippen molar-refractivity contribution in [2.75, 3.05) is 10.6 Å². The second kappa shape index (κ2) is 8.45. The molecule has 0 fully saturated rings. The van der Waals surface area contributed by atoms with Crippen LogP contribution >= 0.6 is 11.3 Å². The van der Waals surface area contributed by atoms with Gasteiger partial charge in [-0.15, -0.1) is 11.3 Å². The molecule has 0 spiro atoms. The van der Waals surface area contributed by atoms with E-state index in [0.717, 1.165) is 0 Å². The van der Waals surface area contributed by atoms with Gasteiger partial charge in [0.1, 0.15) is 5.69 Å². The number of rotatable bonds is 5. The van der Waals surface area contributed by atoms with Crippen molar-refractivity contribution in [3.63, 3.8) is 0 Å². The number of carbonyl (C=O) groups excluding carboxylic acids is 2. The molecule has 2 aromatic carbocycles. The molecule has 0 saturated carbocycles. The lowest BCUT2D eigenvalue weighted by atomic mass is 10.2. The number of hydrogen-bond donors (Lipinski definition) is 2. The molecule has 2 heterocycles. The zero-order valence-corrected chi connectivity index (χ0v) is 17.8. The van der Waals surface area contributed by atoms with Crippen LogP contribution in [0.3, 0.4) is 0 Å². The lowest BCUT2D eigenvalue weighted by Crippen LogP contribution is -2.23. The third kappa shape index (κ3) is 4.06. The Morgan fingerprint density at radius 2 is 1.68 bits per heavy atom. The quantitative estimate of drug-likeness (QED) is 0.499. The van der Waals surface area contributed by atoms with Crippen molar-refractivity contribution in [1.29, 1.82) is 0 Å². The second-order valence-corrected chi connectivity index (χ2v) is 7.85. The predicted molar refractivity (Wildman–Crippen MR) is 122 cm³/mol. The summed E-state index contributed by atoms with van der Waals surface area (Å²) >= 11 is 1.34. The number of nitrogens with zero attached hydrogens (tertiary/aromatic N) is 2.